The van der Waals surface area contributed by atoms with Gasteiger partial charge in [0.25, 0.3) is 0 Å². The summed E-state index contributed by atoms with van der Waals surface area (Å²) in [5, 5.41) is 7.76. The molecule has 0 bridgehead atoms. The molecule has 0 fully saturated rings. The Labute approximate surface area is 30.4 Å². The van der Waals surface area contributed by atoms with E-state index in [1.54, 1.807) is 0 Å². The Kier molecular flexibility index (Phi) is 3.79. The zero-order valence-corrected chi connectivity index (χ0v) is 2.85. The van der Waals surface area contributed by atoms with E-state index in [-0.39, 0.29) is 13.5 Å². The van der Waals surface area contributed by atoms with Crippen molar-refractivity contribution in [3.05, 3.63) is 0 Å². The van der Waals surface area contributed by atoms with E-state index in [0.29, 0.717) is 0 Å². The van der Waals surface area contributed by atoms with Crippen molar-refractivity contribution in [3.63, 3.8) is 0 Å². The topological polar surface area (TPSA) is 55.5 Å². The summed E-state index contributed by atoms with van der Waals surface area (Å²) in [4.78, 5) is 0. The first-order chi connectivity index (χ1) is 2.41. The molecule has 0 aliphatic carbocycles. The summed E-state index contributed by atoms with van der Waals surface area (Å²) in [6, 6.07) is 0. The van der Waals surface area contributed by atoms with Gasteiger partial charge in [-0.3, -0.25) is 0 Å². The number of rotatable bonds is 2. The molecule has 0 spiro atoms. The Morgan fingerprint density at radius 2 is 2.40 bits per heavy atom. The van der Waals surface area contributed by atoms with E-state index in [2.05, 4.69) is 4.74 Å². The van der Waals surface area contributed by atoms with Gasteiger partial charge in [0, 0.05) is 0 Å². The summed E-state index contributed by atoms with van der Waals surface area (Å²) in [5.41, 5.74) is 4.76. The molecular weight excluding hydrogens is 70.0 g/mol. The summed E-state index contributed by atoms with van der Waals surface area (Å²) in [7, 11) is 0. The molecule has 0 aromatic heterocycles. The summed E-state index contributed by atoms with van der Waals surface area (Å²) >= 11 is 0. The highest BCUT2D eigenvalue weighted by Gasteiger charge is 1.64. The summed E-state index contributed by atoms with van der Waals surface area (Å²) in [5.74, 6) is 0. The van der Waals surface area contributed by atoms with Crippen LogP contribution in [0.4, 0.5) is 0 Å². The molecule has 0 aliphatic heterocycles. The maximum absolute atomic E-state index is 7.76. The zero-order chi connectivity index (χ0) is 4.12. The summed E-state index contributed by atoms with van der Waals surface area (Å²) in [6.07, 6.45) is 0. The molecule has 3 heteroatoms. The Morgan fingerprint density at radius 3 is 2.40 bits per heavy atom. The first-order valence-electron chi connectivity index (χ1n) is 1.30. The van der Waals surface area contributed by atoms with Crippen molar-refractivity contribution in [1.29, 1.82) is 0 Å². The van der Waals surface area contributed by atoms with E-state index in [0.717, 1.165) is 0 Å². The number of hydrogen-bond donors (Lipinski definition) is 2. The van der Waals surface area contributed by atoms with E-state index in [1.807, 2.05) is 0 Å². The third-order valence-corrected chi connectivity index (χ3v) is 0.209. The maximum atomic E-state index is 7.76. The smallest absolute Gasteiger partial charge is 0.145 e. The number of hydrogen-bond acceptors (Lipinski definition) is 3. The van der Waals surface area contributed by atoms with Gasteiger partial charge in [-0.15, -0.1) is 0 Å². The SMILES string of the molecule is NCOCO. The van der Waals surface area contributed by atoms with Gasteiger partial charge in [-0.2, -0.15) is 0 Å². The average Bonchev–Trinajstić information content (AvgIpc) is 1.41. The second-order valence-electron chi connectivity index (χ2n) is 0.500. The van der Waals surface area contributed by atoms with E-state index >= 15 is 0 Å². The molecule has 0 aliphatic rings. The Hall–Kier alpha value is -0.120. The van der Waals surface area contributed by atoms with Crippen molar-refractivity contribution in [1.82, 2.24) is 0 Å². The second kappa shape index (κ2) is 3.88. The molecule has 3 nitrogen and oxygen atoms in total. The van der Waals surface area contributed by atoms with Crippen LogP contribution in [0.25, 0.3) is 0 Å². The lowest BCUT2D eigenvalue weighted by atomic mass is 11.3. The number of ether oxygens (including phenoxy) is 1. The first kappa shape index (κ1) is 4.88. The van der Waals surface area contributed by atoms with Crippen LogP contribution < -0.4 is 5.73 Å². The molecule has 0 radical (unpaired) electrons. The molecule has 0 unspecified atom stereocenters. The minimum absolute atomic E-state index is 0.0938. The predicted molar refractivity (Wildman–Crippen MR) is 17.2 cm³/mol. The van der Waals surface area contributed by atoms with Crippen LogP contribution in [0.5, 0.6) is 0 Å². The van der Waals surface area contributed by atoms with Crippen molar-refractivity contribution in [2.45, 2.75) is 0 Å². The van der Waals surface area contributed by atoms with Gasteiger partial charge in [-0.05, 0) is 0 Å². The van der Waals surface area contributed by atoms with E-state index in [4.69, 9.17) is 10.8 Å². The highest BCUT2D eigenvalue weighted by Crippen LogP contribution is 1.53. The minimum Gasteiger partial charge on any atom is -0.371 e. The fraction of sp³-hybridized carbons (Fsp3) is 1.00. The average molecular weight is 77.1 g/mol. The van der Waals surface area contributed by atoms with Crippen LogP contribution in [0.2, 0.25) is 0 Å². The molecule has 0 aromatic rings. The highest BCUT2D eigenvalue weighted by molar-refractivity contribution is 3.94. The Bertz CT molecular complexity index is 15.1. The third-order valence-electron chi connectivity index (χ3n) is 0.209. The van der Waals surface area contributed by atoms with E-state index < -0.39 is 0 Å². The first-order valence-corrected chi connectivity index (χ1v) is 1.30. The molecule has 3 N–H and O–H groups in total. The Balaban J connectivity index is 2.19. The van der Waals surface area contributed by atoms with Gasteiger partial charge in [0.2, 0.25) is 0 Å². The van der Waals surface area contributed by atoms with Gasteiger partial charge in [-0.1, -0.05) is 0 Å². The van der Waals surface area contributed by atoms with Gasteiger partial charge in [-0.25, -0.2) is 0 Å². The van der Waals surface area contributed by atoms with Crippen LogP contribution in [0, 0.1) is 0 Å². The van der Waals surface area contributed by atoms with Crippen molar-refractivity contribution in [2.24, 2.45) is 5.73 Å². The highest BCUT2D eigenvalue weighted by atomic mass is 16.6. The lowest BCUT2D eigenvalue weighted by Crippen LogP contribution is -2.04. The molecule has 0 atom stereocenters. The molecule has 0 amide bonds. The van der Waals surface area contributed by atoms with Gasteiger partial charge in [0.05, 0.1) is 6.73 Å². The predicted octanol–water partition coefficient (Wildman–Crippen LogP) is -1.13. The maximum Gasteiger partial charge on any atom is 0.145 e. The lowest BCUT2D eigenvalue weighted by Gasteiger charge is -1.86. The third kappa shape index (κ3) is 3.88. The van der Waals surface area contributed by atoms with Crippen LogP contribution >= 0.6 is 0 Å². The van der Waals surface area contributed by atoms with Crippen LogP contribution in [0.15, 0.2) is 0 Å². The number of aliphatic hydroxyl groups is 1. The van der Waals surface area contributed by atoms with Crippen molar-refractivity contribution < 1.29 is 9.84 Å². The molecule has 0 rings (SSSR count). The van der Waals surface area contributed by atoms with Gasteiger partial charge in [0.15, 0.2) is 0 Å². The van der Waals surface area contributed by atoms with Crippen molar-refractivity contribution in [3.8, 4) is 0 Å². The fourth-order valence-corrected chi connectivity index (χ4v) is 0.0527. The van der Waals surface area contributed by atoms with Gasteiger partial charge < -0.3 is 15.6 Å². The van der Waals surface area contributed by atoms with E-state index in [9.17, 15) is 0 Å². The number of aliphatic hydroxyl groups excluding tert-OH is 1. The summed E-state index contributed by atoms with van der Waals surface area (Å²) < 4.78 is 4.17. The van der Waals surface area contributed by atoms with Crippen LogP contribution in [0.3, 0.4) is 0 Å². The molecule has 0 saturated heterocycles. The monoisotopic (exact) mass is 77.0 g/mol. The molecule has 5 heavy (non-hydrogen) atoms. The standard InChI is InChI=1S/C2H7NO2/c3-1-5-2-4/h4H,1-3H2. The summed E-state index contributed by atoms with van der Waals surface area (Å²) in [6.45, 7) is -0.188. The zero-order valence-electron chi connectivity index (χ0n) is 2.85. The quantitative estimate of drug-likeness (QED) is 0.410. The molecule has 0 aromatic carbocycles. The molecular formula is C2H7NO2. The molecule has 0 heterocycles. The largest absolute Gasteiger partial charge is 0.371 e. The van der Waals surface area contributed by atoms with Crippen molar-refractivity contribution in [2.75, 3.05) is 13.5 Å². The normalized spacial score (nSPS) is 8.40. The Morgan fingerprint density at radius 1 is 1.80 bits per heavy atom. The fourth-order valence-electron chi connectivity index (χ4n) is 0.0527. The molecule has 0 saturated carbocycles. The van der Waals surface area contributed by atoms with Crippen LogP contribution in [0.1, 0.15) is 0 Å². The second-order valence-corrected chi connectivity index (χ2v) is 0.500. The minimum atomic E-state index is -0.281. The van der Waals surface area contributed by atoms with Gasteiger partial charge in [0.1, 0.15) is 6.79 Å². The lowest BCUT2D eigenvalue weighted by molar-refractivity contribution is 0.00196. The number of nitrogens with two attached hydrogens (primary N) is 1. The molecule has 32 valence electrons. The van der Waals surface area contributed by atoms with Crippen LogP contribution in [-0.4, -0.2) is 18.6 Å². The van der Waals surface area contributed by atoms with Crippen LogP contribution in [-0.2, 0) is 4.74 Å². The van der Waals surface area contributed by atoms with Crippen molar-refractivity contribution >= 4 is 0 Å². The van der Waals surface area contributed by atoms with E-state index in [1.165, 1.54) is 0 Å². The van der Waals surface area contributed by atoms with Gasteiger partial charge >= 0.3 is 0 Å².